The molecule has 0 aliphatic rings. The van der Waals surface area contributed by atoms with Crippen LogP contribution in [0.3, 0.4) is 0 Å². The Morgan fingerprint density at radius 3 is 2.63 bits per heavy atom. The molecule has 6 heteroatoms. The Balaban J connectivity index is 2.15. The Labute approximate surface area is 116 Å². The highest BCUT2D eigenvalue weighted by atomic mass is 32.2. The van der Waals surface area contributed by atoms with Crippen LogP contribution in [-0.2, 0) is 7.05 Å². The first kappa shape index (κ1) is 13.7. The van der Waals surface area contributed by atoms with Gasteiger partial charge in [-0.25, -0.2) is 4.68 Å². The lowest BCUT2D eigenvalue weighted by molar-refractivity contribution is 0.0993. The van der Waals surface area contributed by atoms with Crippen LogP contribution in [0, 0.1) is 13.8 Å². The van der Waals surface area contributed by atoms with Crippen LogP contribution in [0.15, 0.2) is 23.4 Å². The second-order valence-corrected chi connectivity index (χ2v) is 5.82. The zero-order valence-corrected chi connectivity index (χ0v) is 12.2. The number of aromatic nitrogens is 4. The van der Waals surface area contributed by atoms with Crippen molar-refractivity contribution in [2.45, 2.75) is 31.2 Å². The largest absolute Gasteiger partial charge is 0.293 e. The van der Waals surface area contributed by atoms with Gasteiger partial charge in [0, 0.05) is 12.6 Å². The predicted molar refractivity (Wildman–Crippen MR) is 74.4 cm³/mol. The molecule has 0 aliphatic heterocycles. The van der Waals surface area contributed by atoms with Gasteiger partial charge in [-0.15, -0.1) is 5.10 Å². The average Bonchev–Trinajstić information content (AvgIpc) is 2.77. The van der Waals surface area contributed by atoms with Crippen LogP contribution >= 0.6 is 11.8 Å². The number of ketones is 1. The van der Waals surface area contributed by atoms with Gasteiger partial charge < -0.3 is 0 Å². The molecule has 0 saturated carbocycles. The maximum absolute atomic E-state index is 12.3. The molecule has 0 bridgehead atoms. The molecular weight excluding hydrogens is 260 g/mol. The molecule has 0 N–H and O–H groups in total. The van der Waals surface area contributed by atoms with Crippen LogP contribution in [0.5, 0.6) is 0 Å². The monoisotopic (exact) mass is 276 g/mol. The van der Waals surface area contributed by atoms with Crippen LogP contribution in [0.4, 0.5) is 0 Å². The number of rotatable bonds is 4. The quantitative estimate of drug-likeness (QED) is 0.633. The molecule has 1 heterocycles. The zero-order valence-electron chi connectivity index (χ0n) is 11.4. The number of carbonyl (C=O) groups excluding carboxylic acids is 1. The third kappa shape index (κ3) is 3.01. The third-order valence-corrected chi connectivity index (χ3v) is 4.15. The summed E-state index contributed by atoms with van der Waals surface area (Å²) in [5.41, 5.74) is 3.05. The Morgan fingerprint density at radius 2 is 2.05 bits per heavy atom. The number of benzene rings is 1. The molecule has 100 valence electrons. The third-order valence-electron chi connectivity index (χ3n) is 3.02. The number of Topliss-reactive ketones (excluding diaryl/α,β-unsaturated/α-hetero) is 1. The molecule has 1 atom stereocenters. The van der Waals surface area contributed by atoms with Crippen molar-refractivity contribution in [3.63, 3.8) is 0 Å². The highest BCUT2D eigenvalue weighted by Crippen LogP contribution is 2.23. The van der Waals surface area contributed by atoms with Crippen molar-refractivity contribution >= 4 is 17.5 Å². The molecule has 1 aromatic carbocycles. The topological polar surface area (TPSA) is 60.7 Å². The molecule has 0 saturated heterocycles. The molecule has 5 nitrogen and oxygen atoms in total. The minimum atomic E-state index is -0.216. The molecule has 0 radical (unpaired) electrons. The van der Waals surface area contributed by atoms with E-state index in [4.69, 9.17) is 0 Å². The van der Waals surface area contributed by atoms with Gasteiger partial charge in [-0.2, -0.15) is 0 Å². The summed E-state index contributed by atoms with van der Waals surface area (Å²) in [5, 5.41) is 11.6. The summed E-state index contributed by atoms with van der Waals surface area (Å²) >= 11 is 1.37. The fraction of sp³-hybridized carbons (Fsp3) is 0.385. The van der Waals surface area contributed by atoms with E-state index in [1.165, 1.54) is 17.3 Å². The summed E-state index contributed by atoms with van der Waals surface area (Å²) in [7, 11) is 1.76. The second kappa shape index (κ2) is 5.52. The van der Waals surface area contributed by atoms with Crippen LogP contribution in [0.2, 0.25) is 0 Å². The Bertz CT molecular complexity index is 608. The predicted octanol–water partition coefficient (Wildman–Crippen LogP) is 2.19. The second-order valence-electron chi connectivity index (χ2n) is 4.51. The minimum absolute atomic E-state index is 0.0936. The number of aryl methyl sites for hydroxylation is 3. The molecule has 0 amide bonds. The Morgan fingerprint density at radius 1 is 1.32 bits per heavy atom. The minimum Gasteiger partial charge on any atom is -0.293 e. The molecule has 0 fully saturated rings. The lowest BCUT2D eigenvalue weighted by Crippen LogP contribution is -2.14. The van der Waals surface area contributed by atoms with Crippen LogP contribution in [0.1, 0.15) is 28.4 Å². The average molecular weight is 276 g/mol. The first-order valence-electron chi connectivity index (χ1n) is 5.99. The smallest absolute Gasteiger partial charge is 0.209 e. The fourth-order valence-electron chi connectivity index (χ4n) is 1.66. The number of tetrazole rings is 1. The lowest BCUT2D eigenvalue weighted by Gasteiger charge is -2.10. The van der Waals surface area contributed by atoms with E-state index in [0.717, 1.165) is 11.1 Å². The molecule has 0 aliphatic carbocycles. The van der Waals surface area contributed by atoms with Crippen LogP contribution < -0.4 is 0 Å². The van der Waals surface area contributed by atoms with E-state index < -0.39 is 0 Å². The van der Waals surface area contributed by atoms with Gasteiger partial charge in [0.25, 0.3) is 0 Å². The van der Waals surface area contributed by atoms with Crippen LogP contribution in [0.25, 0.3) is 0 Å². The van der Waals surface area contributed by atoms with E-state index in [0.29, 0.717) is 5.16 Å². The zero-order chi connectivity index (χ0) is 14.0. The number of hydrogen-bond donors (Lipinski definition) is 0. The number of nitrogens with zero attached hydrogens (tertiary/aromatic N) is 4. The molecule has 2 rings (SSSR count). The molecule has 19 heavy (non-hydrogen) atoms. The van der Waals surface area contributed by atoms with Crippen LogP contribution in [-0.4, -0.2) is 31.2 Å². The molecule has 2 aromatic rings. The summed E-state index contributed by atoms with van der Waals surface area (Å²) < 4.78 is 1.56. The van der Waals surface area contributed by atoms with Crippen molar-refractivity contribution in [1.82, 2.24) is 20.2 Å². The molecule has 1 aromatic heterocycles. The summed E-state index contributed by atoms with van der Waals surface area (Å²) in [4.78, 5) is 12.3. The summed E-state index contributed by atoms with van der Waals surface area (Å²) in [5.74, 6) is 0.0936. The van der Waals surface area contributed by atoms with E-state index in [2.05, 4.69) is 15.5 Å². The SMILES string of the molecule is Cc1ccc(C(=O)[C@H](C)Sc2nnnn2C)cc1C. The summed E-state index contributed by atoms with van der Waals surface area (Å²) in [6, 6.07) is 5.78. The standard InChI is InChI=1S/C13H16N4OS/c1-8-5-6-11(7-9(8)2)12(18)10(3)19-13-14-15-16-17(13)4/h5-7,10H,1-4H3/t10-/m0/s1. The van der Waals surface area contributed by atoms with Gasteiger partial charge in [0.15, 0.2) is 5.78 Å². The van der Waals surface area contributed by atoms with Crippen molar-refractivity contribution in [3.05, 3.63) is 34.9 Å². The number of hydrogen-bond acceptors (Lipinski definition) is 5. The number of carbonyl (C=O) groups is 1. The summed E-state index contributed by atoms with van der Waals surface area (Å²) in [6.45, 7) is 5.92. The van der Waals surface area contributed by atoms with E-state index in [-0.39, 0.29) is 11.0 Å². The Hall–Kier alpha value is -1.69. The highest BCUT2D eigenvalue weighted by molar-refractivity contribution is 8.00. The maximum Gasteiger partial charge on any atom is 0.209 e. The van der Waals surface area contributed by atoms with Crippen molar-refractivity contribution in [2.24, 2.45) is 7.05 Å². The van der Waals surface area contributed by atoms with Crippen molar-refractivity contribution in [1.29, 1.82) is 0 Å². The van der Waals surface area contributed by atoms with Gasteiger partial charge in [-0.3, -0.25) is 4.79 Å². The van der Waals surface area contributed by atoms with E-state index in [9.17, 15) is 4.79 Å². The van der Waals surface area contributed by atoms with Crippen molar-refractivity contribution in [2.75, 3.05) is 0 Å². The fourth-order valence-corrected chi connectivity index (χ4v) is 2.49. The number of thioether (sulfide) groups is 1. The van der Waals surface area contributed by atoms with Gasteiger partial charge >= 0.3 is 0 Å². The molecule has 0 spiro atoms. The van der Waals surface area contributed by atoms with E-state index in [1.54, 1.807) is 11.7 Å². The van der Waals surface area contributed by atoms with Crippen molar-refractivity contribution < 1.29 is 4.79 Å². The molecule has 0 unspecified atom stereocenters. The maximum atomic E-state index is 12.3. The molecular formula is C13H16N4OS. The van der Waals surface area contributed by atoms with Gasteiger partial charge in [-0.05, 0) is 48.4 Å². The lowest BCUT2D eigenvalue weighted by atomic mass is 10.0. The van der Waals surface area contributed by atoms with E-state index in [1.807, 2.05) is 39.0 Å². The van der Waals surface area contributed by atoms with Gasteiger partial charge in [0.1, 0.15) is 0 Å². The first-order chi connectivity index (χ1) is 8.99. The van der Waals surface area contributed by atoms with Gasteiger partial charge in [0.2, 0.25) is 5.16 Å². The van der Waals surface area contributed by atoms with Crippen molar-refractivity contribution in [3.8, 4) is 0 Å². The van der Waals surface area contributed by atoms with E-state index >= 15 is 0 Å². The Kier molecular flexibility index (Phi) is 3.99. The first-order valence-corrected chi connectivity index (χ1v) is 6.87. The summed E-state index contributed by atoms with van der Waals surface area (Å²) in [6.07, 6.45) is 0. The highest BCUT2D eigenvalue weighted by Gasteiger charge is 2.19. The normalized spacial score (nSPS) is 12.4. The van der Waals surface area contributed by atoms with Gasteiger partial charge in [0.05, 0.1) is 5.25 Å². The van der Waals surface area contributed by atoms with Gasteiger partial charge in [-0.1, -0.05) is 23.9 Å².